The van der Waals surface area contributed by atoms with E-state index in [9.17, 15) is 4.79 Å². The number of ketones is 1. The minimum atomic E-state index is -0.0624. The summed E-state index contributed by atoms with van der Waals surface area (Å²) < 4.78 is 5.13. The molecule has 0 saturated heterocycles. The van der Waals surface area contributed by atoms with Gasteiger partial charge in [-0.25, -0.2) is 0 Å². The molecule has 0 amide bonds. The maximum absolute atomic E-state index is 12.6. The number of Topliss-reactive ketones (excluding diaryl/α,β-unsaturated/α-hetero) is 1. The van der Waals surface area contributed by atoms with Crippen molar-refractivity contribution in [2.45, 2.75) is 13.3 Å². The number of hydrogen-bond acceptors (Lipinski definition) is 2. The quantitative estimate of drug-likeness (QED) is 0.715. The van der Waals surface area contributed by atoms with Crippen molar-refractivity contribution < 1.29 is 9.53 Å². The molecule has 3 aromatic rings. The molecule has 1 N–H and O–H groups in total. The van der Waals surface area contributed by atoms with Crippen LogP contribution in [0.15, 0.2) is 54.7 Å². The fraction of sp³-hybridized carbons (Fsp3) is 0.211. The van der Waals surface area contributed by atoms with Crippen LogP contribution in [0.5, 0.6) is 5.75 Å². The molecule has 3 nitrogen and oxygen atoms in total. The molecule has 0 aliphatic heterocycles. The van der Waals surface area contributed by atoms with Gasteiger partial charge in [-0.3, -0.25) is 4.79 Å². The van der Waals surface area contributed by atoms with Gasteiger partial charge in [-0.1, -0.05) is 25.1 Å². The van der Waals surface area contributed by atoms with Crippen molar-refractivity contribution in [1.29, 1.82) is 0 Å². The van der Waals surface area contributed by atoms with E-state index in [-0.39, 0.29) is 11.7 Å². The van der Waals surface area contributed by atoms with Crippen LogP contribution < -0.4 is 4.74 Å². The lowest BCUT2D eigenvalue weighted by Crippen LogP contribution is -2.13. The van der Waals surface area contributed by atoms with Crippen LogP contribution in [0, 0.1) is 5.92 Å². The maximum Gasteiger partial charge on any atom is 0.166 e. The molecular weight excluding hydrogens is 274 g/mol. The summed E-state index contributed by atoms with van der Waals surface area (Å²) in [6.07, 6.45) is 2.73. The predicted octanol–water partition coefficient (Wildman–Crippen LogP) is 4.24. The van der Waals surface area contributed by atoms with E-state index in [2.05, 4.69) is 17.1 Å². The van der Waals surface area contributed by atoms with Crippen LogP contribution in [0.4, 0.5) is 0 Å². The van der Waals surface area contributed by atoms with Crippen molar-refractivity contribution >= 4 is 16.7 Å². The van der Waals surface area contributed by atoms with E-state index in [1.54, 1.807) is 7.11 Å². The highest BCUT2D eigenvalue weighted by atomic mass is 16.5. The third-order valence-corrected chi connectivity index (χ3v) is 4.02. The molecule has 0 bridgehead atoms. The molecule has 112 valence electrons. The Kier molecular flexibility index (Phi) is 3.96. The number of rotatable bonds is 5. The predicted molar refractivity (Wildman–Crippen MR) is 88.5 cm³/mol. The summed E-state index contributed by atoms with van der Waals surface area (Å²) in [6, 6.07) is 15.5. The van der Waals surface area contributed by atoms with E-state index in [0.717, 1.165) is 23.3 Å². The minimum Gasteiger partial charge on any atom is -0.497 e. The molecule has 0 fully saturated rings. The third-order valence-electron chi connectivity index (χ3n) is 4.02. The molecule has 0 spiro atoms. The van der Waals surface area contributed by atoms with Crippen LogP contribution in [-0.2, 0) is 6.42 Å². The number of benzene rings is 2. The number of para-hydroxylation sites is 1. The molecule has 1 aromatic heterocycles. The second kappa shape index (κ2) is 6.06. The number of ether oxygens (including phenoxy) is 1. The number of methoxy groups -OCH3 is 1. The highest BCUT2D eigenvalue weighted by Gasteiger charge is 2.17. The lowest BCUT2D eigenvalue weighted by molar-refractivity contribution is 0.0929. The van der Waals surface area contributed by atoms with E-state index >= 15 is 0 Å². The van der Waals surface area contributed by atoms with Crippen molar-refractivity contribution in [3.8, 4) is 5.75 Å². The van der Waals surface area contributed by atoms with E-state index in [1.165, 1.54) is 10.9 Å². The fourth-order valence-electron chi connectivity index (χ4n) is 2.76. The van der Waals surface area contributed by atoms with Crippen LogP contribution >= 0.6 is 0 Å². The Hall–Kier alpha value is -2.55. The summed E-state index contributed by atoms with van der Waals surface area (Å²) in [5.74, 6) is 0.862. The van der Waals surface area contributed by atoms with Crippen LogP contribution in [0.2, 0.25) is 0 Å². The number of fused-ring (bicyclic) bond motifs is 1. The number of carbonyl (C=O) groups is 1. The SMILES string of the molecule is COc1ccc(C(=O)C(C)Cc2c[nH]c3ccccc23)cc1. The molecule has 0 saturated carbocycles. The van der Waals surface area contributed by atoms with Crippen molar-refractivity contribution in [1.82, 2.24) is 4.98 Å². The number of aromatic nitrogens is 1. The van der Waals surface area contributed by atoms with Crippen LogP contribution in [0.3, 0.4) is 0 Å². The number of hydrogen-bond donors (Lipinski definition) is 1. The molecule has 0 aliphatic carbocycles. The number of carbonyl (C=O) groups excluding carboxylic acids is 1. The summed E-state index contributed by atoms with van der Waals surface area (Å²) in [7, 11) is 1.62. The topological polar surface area (TPSA) is 42.1 Å². The van der Waals surface area contributed by atoms with Gasteiger partial charge in [0.2, 0.25) is 0 Å². The van der Waals surface area contributed by atoms with Gasteiger partial charge < -0.3 is 9.72 Å². The summed E-state index contributed by atoms with van der Waals surface area (Å²) >= 11 is 0. The first kappa shape index (κ1) is 14.4. The Labute approximate surface area is 129 Å². The average Bonchev–Trinajstić information content (AvgIpc) is 2.97. The lowest BCUT2D eigenvalue weighted by atomic mass is 9.93. The van der Waals surface area contributed by atoms with E-state index in [4.69, 9.17) is 4.74 Å². The first-order chi connectivity index (χ1) is 10.7. The number of H-pyrrole nitrogens is 1. The van der Waals surface area contributed by atoms with E-state index in [1.807, 2.05) is 49.5 Å². The normalized spacial score (nSPS) is 12.3. The number of nitrogens with one attached hydrogen (secondary N) is 1. The Balaban J connectivity index is 1.78. The van der Waals surface area contributed by atoms with Crippen molar-refractivity contribution in [2.75, 3.05) is 7.11 Å². The van der Waals surface area contributed by atoms with E-state index in [0.29, 0.717) is 0 Å². The van der Waals surface area contributed by atoms with Gasteiger partial charge in [-0.2, -0.15) is 0 Å². The summed E-state index contributed by atoms with van der Waals surface area (Å²) in [5, 5.41) is 1.19. The molecule has 3 heteroatoms. The molecule has 1 heterocycles. The minimum absolute atomic E-state index is 0.0624. The molecule has 3 rings (SSSR count). The maximum atomic E-state index is 12.6. The Bertz CT molecular complexity index is 787. The molecule has 22 heavy (non-hydrogen) atoms. The highest BCUT2D eigenvalue weighted by molar-refractivity contribution is 5.98. The lowest BCUT2D eigenvalue weighted by Gasteiger charge is -2.10. The van der Waals surface area contributed by atoms with Crippen molar-refractivity contribution in [2.24, 2.45) is 5.92 Å². The van der Waals surface area contributed by atoms with Gasteiger partial charge >= 0.3 is 0 Å². The molecule has 1 unspecified atom stereocenters. The molecule has 0 radical (unpaired) electrons. The van der Waals surface area contributed by atoms with Crippen molar-refractivity contribution in [3.63, 3.8) is 0 Å². The summed E-state index contributed by atoms with van der Waals surface area (Å²) in [5.41, 5.74) is 3.03. The van der Waals surface area contributed by atoms with Gasteiger partial charge in [0.25, 0.3) is 0 Å². The summed E-state index contributed by atoms with van der Waals surface area (Å²) in [6.45, 7) is 1.98. The van der Waals surface area contributed by atoms with Gasteiger partial charge in [0, 0.05) is 28.6 Å². The Morgan fingerprint density at radius 2 is 1.86 bits per heavy atom. The smallest absolute Gasteiger partial charge is 0.166 e. The highest BCUT2D eigenvalue weighted by Crippen LogP contribution is 2.23. The zero-order valence-corrected chi connectivity index (χ0v) is 12.8. The van der Waals surface area contributed by atoms with Crippen LogP contribution in [0.25, 0.3) is 10.9 Å². The third kappa shape index (κ3) is 2.75. The van der Waals surface area contributed by atoms with Crippen LogP contribution in [0.1, 0.15) is 22.8 Å². The molecule has 2 aromatic carbocycles. The Morgan fingerprint density at radius 1 is 1.14 bits per heavy atom. The van der Waals surface area contributed by atoms with Gasteiger partial charge in [0.05, 0.1) is 7.11 Å². The molecule has 1 atom stereocenters. The first-order valence-electron chi connectivity index (χ1n) is 7.42. The zero-order chi connectivity index (χ0) is 15.5. The van der Waals surface area contributed by atoms with Gasteiger partial charge in [0.1, 0.15) is 5.75 Å². The molecular formula is C19H19NO2. The van der Waals surface area contributed by atoms with Crippen molar-refractivity contribution in [3.05, 3.63) is 65.9 Å². The van der Waals surface area contributed by atoms with Crippen LogP contribution in [-0.4, -0.2) is 17.9 Å². The second-order valence-electron chi connectivity index (χ2n) is 5.56. The largest absolute Gasteiger partial charge is 0.497 e. The monoisotopic (exact) mass is 293 g/mol. The van der Waals surface area contributed by atoms with Gasteiger partial charge in [0.15, 0.2) is 5.78 Å². The zero-order valence-electron chi connectivity index (χ0n) is 12.8. The Morgan fingerprint density at radius 3 is 2.59 bits per heavy atom. The summed E-state index contributed by atoms with van der Waals surface area (Å²) in [4.78, 5) is 15.8. The van der Waals surface area contributed by atoms with Gasteiger partial charge in [-0.15, -0.1) is 0 Å². The van der Waals surface area contributed by atoms with Gasteiger partial charge in [-0.05, 0) is 42.3 Å². The first-order valence-corrected chi connectivity index (χ1v) is 7.42. The number of aromatic amines is 1. The molecule has 0 aliphatic rings. The average molecular weight is 293 g/mol. The van der Waals surface area contributed by atoms with E-state index < -0.39 is 0 Å². The standard InChI is InChI=1S/C19H19NO2/c1-13(19(21)14-7-9-16(22-2)10-8-14)11-15-12-20-18-6-4-3-5-17(15)18/h3-10,12-13,20H,11H2,1-2H3. The second-order valence-corrected chi connectivity index (χ2v) is 5.56. The fourth-order valence-corrected chi connectivity index (χ4v) is 2.76.